The summed E-state index contributed by atoms with van der Waals surface area (Å²) in [5.74, 6) is 0. The van der Waals surface area contributed by atoms with Crippen molar-refractivity contribution >= 4 is 73.0 Å². The van der Waals surface area contributed by atoms with Gasteiger partial charge in [-0.3, -0.25) is 0 Å². The van der Waals surface area contributed by atoms with Crippen molar-refractivity contribution in [3.8, 4) is 0 Å². The molecule has 0 aliphatic carbocycles. The minimum atomic E-state index is -1.41. The lowest BCUT2D eigenvalue weighted by molar-refractivity contribution is -0.643. The molecule has 0 radical (unpaired) electrons. The molecule has 0 bridgehead atoms. The van der Waals surface area contributed by atoms with Gasteiger partial charge < -0.3 is 4.40 Å². The van der Waals surface area contributed by atoms with Gasteiger partial charge in [0.25, 0.3) is 0 Å². The molecule has 7 aromatic rings. The molecule has 4 aromatic carbocycles. The van der Waals surface area contributed by atoms with Gasteiger partial charge in [0.2, 0.25) is 5.52 Å². The second-order valence-electron chi connectivity index (χ2n) is 10.7. The zero-order chi connectivity index (χ0) is 22.6. The van der Waals surface area contributed by atoms with E-state index >= 15 is 0 Å². The third-order valence-corrected chi connectivity index (χ3v) is 9.62. The van der Waals surface area contributed by atoms with Gasteiger partial charge in [-0.15, -0.1) is 0 Å². The van der Waals surface area contributed by atoms with Gasteiger partial charge in [-0.05, 0) is 35.4 Å². The van der Waals surface area contributed by atoms with Gasteiger partial charge in [0.05, 0.1) is 35.4 Å². The van der Waals surface area contributed by atoms with Gasteiger partial charge in [0, 0.05) is 22.2 Å². The Bertz CT molecular complexity index is 1920. The summed E-state index contributed by atoms with van der Waals surface area (Å²) >= 11 is 0. The monoisotopic (exact) mass is 443 g/mol. The Labute approximate surface area is 194 Å². The molecule has 0 saturated heterocycles. The van der Waals surface area contributed by atoms with E-state index in [-0.39, 0.29) is 0 Å². The maximum atomic E-state index is 2.55. The highest BCUT2D eigenvalue weighted by molar-refractivity contribution is 6.88. The molecule has 0 amide bonds. The second kappa shape index (κ2) is 6.12. The summed E-state index contributed by atoms with van der Waals surface area (Å²) in [5, 5.41) is 10.9. The van der Waals surface area contributed by atoms with Crippen molar-refractivity contribution in [2.45, 2.75) is 26.6 Å². The maximum Gasteiger partial charge on any atom is 0.224 e. The summed E-state index contributed by atoms with van der Waals surface area (Å²) in [6.07, 6.45) is 2.23. The molecule has 0 N–H and O–H groups in total. The fourth-order valence-corrected chi connectivity index (χ4v) is 7.09. The van der Waals surface area contributed by atoms with E-state index in [2.05, 4.69) is 116 Å². The Morgan fingerprint density at radius 2 is 1.48 bits per heavy atom. The summed E-state index contributed by atoms with van der Waals surface area (Å²) in [4.78, 5) is 0. The van der Waals surface area contributed by atoms with Gasteiger partial charge >= 0.3 is 0 Å². The van der Waals surface area contributed by atoms with Crippen LogP contribution in [0.2, 0.25) is 19.6 Å². The van der Waals surface area contributed by atoms with Crippen LogP contribution in [-0.2, 0) is 7.05 Å². The number of para-hydroxylation sites is 1. The molecule has 0 aliphatic rings. The predicted molar refractivity (Wildman–Crippen MR) is 145 cm³/mol. The zero-order valence-corrected chi connectivity index (χ0v) is 20.8. The van der Waals surface area contributed by atoms with Crippen LogP contribution in [0.1, 0.15) is 5.56 Å². The molecular weight excluding hydrogens is 416 g/mol. The lowest BCUT2D eigenvalue weighted by Gasteiger charge is -2.19. The molecule has 0 fully saturated rings. The number of fused-ring (bicyclic) bond motifs is 7. The van der Waals surface area contributed by atoms with Crippen LogP contribution in [0.4, 0.5) is 0 Å². The van der Waals surface area contributed by atoms with Crippen LogP contribution in [0.3, 0.4) is 0 Å². The largest absolute Gasteiger partial charge is 0.307 e. The number of benzene rings is 4. The fourth-order valence-electron chi connectivity index (χ4n) is 5.92. The molecular formula is C30H27N2Si+. The van der Waals surface area contributed by atoms with Gasteiger partial charge in [-0.1, -0.05) is 73.4 Å². The molecule has 33 heavy (non-hydrogen) atoms. The predicted octanol–water partition coefficient (Wildman–Crippen LogP) is 6.82. The topological polar surface area (TPSA) is 8.29 Å². The number of hydrogen-bond donors (Lipinski definition) is 0. The summed E-state index contributed by atoms with van der Waals surface area (Å²) in [7, 11) is 0.781. The number of aryl methyl sites for hydroxylation is 2. The fraction of sp³-hybridized carbons (Fsp3) is 0.167. The van der Waals surface area contributed by atoms with Crippen LogP contribution in [0.15, 0.2) is 72.9 Å². The van der Waals surface area contributed by atoms with Crippen LogP contribution >= 0.6 is 0 Å². The highest BCUT2D eigenvalue weighted by atomic mass is 28.3. The lowest BCUT2D eigenvalue weighted by Crippen LogP contribution is -2.37. The molecule has 7 rings (SSSR count). The van der Waals surface area contributed by atoms with Gasteiger partial charge in [0.15, 0.2) is 6.20 Å². The van der Waals surface area contributed by atoms with Crippen molar-refractivity contribution in [3.63, 3.8) is 0 Å². The molecule has 0 saturated carbocycles. The third kappa shape index (κ3) is 2.35. The minimum Gasteiger partial charge on any atom is -0.307 e. The molecule has 2 nitrogen and oxygen atoms in total. The molecule has 0 spiro atoms. The van der Waals surface area contributed by atoms with Crippen LogP contribution in [-0.4, -0.2) is 12.5 Å². The van der Waals surface area contributed by atoms with E-state index < -0.39 is 8.07 Å². The van der Waals surface area contributed by atoms with Crippen molar-refractivity contribution in [2.75, 3.05) is 0 Å². The normalized spacial score (nSPS) is 13.0. The van der Waals surface area contributed by atoms with E-state index in [0.29, 0.717) is 0 Å². The first-order valence-electron chi connectivity index (χ1n) is 11.8. The van der Waals surface area contributed by atoms with Gasteiger partial charge in [0.1, 0.15) is 7.05 Å². The summed E-state index contributed by atoms with van der Waals surface area (Å²) in [6, 6.07) is 25.4. The summed E-state index contributed by atoms with van der Waals surface area (Å²) < 4.78 is 4.87. The van der Waals surface area contributed by atoms with Crippen molar-refractivity contribution in [2.24, 2.45) is 7.05 Å². The molecule has 0 aliphatic heterocycles. The molecule has 3 heterocycles. The van der Waals surface area contributed by atoms with E-state index in [0.717, 1.165) is 0 Å². The number of hydrogen-bond acceptors (Lipinski definition) is 0. The quantitative estimate of drug-likeness (QED) is 0.114. The first kappa shape index (κ1) is 19.1. The van der Waals surface area contributed by atoms with E-state index in [4.69, 9.17) is 0 Å². The Balaban J connectivity index is 1.90. The SMILES string of the molecule is Cc1ccc2c3ccccc3n3c2c1c1c2c(cc[n+]1C)cc1cc([Si](C)(C)C)ccc1c23. The van der Waals surface area contributed by atoms with E-state index in [1.807, 2.05) is 0 Å². The van der Waals surface area contributed by atoms with E-state index in [1.54, 1.807) is 0 Å². The Morgan fingerprint density at radius 1 is 0.727 bits per heavy atom. The first-order chi connectivity index (χ1) is 15.8. The second-order valence-corrected chi connectivity index (χ2v) is 15.7. The van der Waals surface area contributed by atoms with Gasteiger partial charge in [-0.2, -0.15) is 0 Å². The van der Waals surface area contributed by atoms with E-state index in [1.165, 1.54) is 70.5 Å². The summed E-state index contributed by atoms with van der Waals surface area (Å²) in [5.41, 5.74) is 6.62. The molecule has 3 heteroatoms. The average Bonchev–Trinajstić information content (AvgIpc) is 3.13. The number of aromatic nitrogens is 2. The standard InChI is InChI=1S/C30H27N2Si/c1-18-10-12-24-23-8-6-7-9-25(23)32-28-22-13-11-21(33(3,4)5)17-20(22)16-19-14-15-31(2)30(27(19)28)26(18)29(24)32/h6-17H,1-5H3/q+1. The highest BCUT2D eigenvalue weighted by Crippen LogP contribution is 2.42. The van der Waals surface area contributed by atoms with Gasteiger partial charge in [-0.25, -0.2) is 4.57 Å². The zero-order valence-electron chi connectivity index (χ0n) is 19.8. The average molecular weight is 444 g/mol. The Morgan fingerprint density at radius 3 is 2.30 bits per heavy atom. The van der Waals surface area contributed by atoms with Crippen molar-refractivity contribution < 1.29 is 4.57 Å². The van der Waals surface area contributed by atoms with Crippen molar-refractivity contribution in [3.05, 3.63) is 78.5 Å². The maximum absolute atomic E-state index is 2.55. The molecule has 160 valence electrons. The van der Waals surface area contributed by atoms with Crippen LogP contribution < -0.4 is 9.75 Å². The number of pyridine rings is 2. The smallest absolute Gasteiger partial charge is 0.224 e. The Kier molecular flexibility index (Phi) is 3.54. The highest BCUT2D eigenvalue weighted by Gasteiger charge is 2.25. The Hall–Kier alpha value is -3.43. The number of rotatable bonds is 1. The van der Waals surface area contributed by atoms with Crippen LogP contribution in [0.25, 0.3) is 59.8 Å². The first-order valence-corrected chi connectivity index (χ1v) is 15.3. The summed E-state index contributed by atoms with van der Waals surface area (Å²) in [6.45, 7) is 9.54. The minimum absolute atomic E-state index is 1.29. The number of nitrogens with zero attached hydrogens (tertiary/aromatic N) is 2. The van der Waals surface area contributed by atoms with Crippen LogP contribution in [0.5, 0.6) is 0 Å². The molecule has 0 atom stereocenters. The molecule has 0 unspecified atom stereocenters. The van der Waals surface area contributed by atoms with Crippen LogP contribution in [0, 0.1) is 6.92 Å². The lowest BCUT2D eigenvalue weighted by atomic mass is 9.96. The van der Waals surface area contributed by atoms with E-state index in [9.17, 15) is 0 Å². The van der Waals surface area contributed by atoms with Crippen molar-refractivity contribution in [1.29, 1.82) is 0 Å². The van der Waals surface area contributed by atoms with Crippen molar-refractivity contribution in [1.82, 2.24) is 4.40 Å². The third-order valence-electron chi connectivity index (χ3n) is 7.58. The molecule has 3 aromatic heterocycles.